The molecule has 3 heteroatoms. The zero-order chi connectivity index (χ0) is 13.6. The predicted molar refractivity (Wildman–Crippen MR) is 71.7 cm³/mol. The van der Waals surface area contributed by atoms with Crippen LogP contribution in [0.4, 0.5) is 0 Å². The number of carbonyl (C=O) groups excluding carboxylic acids is 1. The quantitative estimate of drug-likeness (QED) is 0.727. The minimum Gasteiger partial charge on any atom is -0.497 e. The molecule has 0 aliphatic rings. The lowest BCUT2D eigenvalue weighted by atomic mass is 9.83. The Labute approximate surface area is 109 Å². The second-order valence-corrected chi connectivity index (χ2v) is 5.27. The molecule has 0 bridgehead atoms. The number of benzene rings is 1. The molecule has 0 heterocycles. The van der Waals surface area contributed by atoms with Gasteiger partial charge in [0.25, 0.3) is 0 Å². The topological polar surface area (TPSA) is 35.5 Å². The van der Waals surface area contributed by atoms with E-state index in [4.69, 9.17) is 9.47 Å². The fourth-order valence-electron chi connectivity index (χ4n) is 1.83. The summed E-state index contributed by atoms with van der Waals surface area (Å²) < 4.78 is 9.83. The normalized spacial score (nSPS) is 11.1. The maximum atomic E-state index is 11.3. The number of rotatable bonds is 6. The Balaban J connectivity index is 2.50. The van der Waals surface area contributed by atoms with Crippen LogP contribution in [-0.2, 0) is 16.0 Å². The Morgan fingerprint density at radius 3 is 2.28 bits per heavy atom. The van der Waals surface area contributed by atoms with Crippen molar-refractivity contribution in [1.29, 1.82) is 0 Å². The monoisotopic (exact) mass is 250 g/mol. The predicted octanol–water partition coefficient (Wildman–Crippen LogP) is 3.22. The van der Waals surface area contributed by atoms with Crippen molar-refractivity contribution in [3.63, 3.8) is 0 Å². The number of methoxy groups -OCH3 is 2. The molecule has 0 saturated carbocycles. The molecular weight excluding hydrogens is 228 g/mol. The highest BCUT2D eigenvalue weighted by molar-refractivity contribution is 5.69. The van der Waals surface area contributed by atoms with Gasteiger partial charge in [0.2, 0.25) is 0 Å². The van der Waals surface area contributed by atoms with Gasteiger partial charge in [-0.05, 0) is 36.0 Å². The number of hydrogen-bond acceptors (Lipinski definition) is 3. The summed E-state index contributed by atoms with van der Waals surface area (Å²) in [5.41, 5.74) is 1.22. The molecule has 0 amide bonds. The molecule has 18 heavy (non-hydrogen) atoms. The van der Waals surface area contributed by atoms with Crippen molar-refractivity contribution < 1.29 is 14.3 Å². The average Bonchev–Trinajstić information content (AvgIpc) is 2.36. The van der Waals surface area contributed by atoms with Crippen LogP contribution in [0.25, 0.3) is 0 Å². The van der Waals surface area contributed by atoms with Crippen LogP contribution in [-0.4, -0.2) is 20.2 Å². The molecule has 0 fully saturated rings. The van der Waals surface area contributed by atoms with Crippen molar-refractivity contribution in [2.75, 3.05) is 14.2 Å². The lowest BCUT2D eigenvalue weighted by Crippen LogP contribution is -2.18. The zero-order valence-corrected chi connectivity index (χ0v) is 11.7. The maximum Gasteiger partial charge on any atom is 0.306 e. The Morgan fingerprint density at radius 1 is 1.17 bits per heavy atom. The molecule has 0 aromatic heterocycles. The highest BCUT2D eigenvalue weighted by Gasteiger charge is 2.22. The third-order valence-electron chi connectivity index (χ3n) is 3.10. The second-order valence-electron chi connectivity index (χ2n) is 5.27. The fraction of sp³-hybridized carbons (Fsp3) is 0.533. The Morgan fingerprint density at radius 2 is 1.78 bits per heavy atom. The molecule has 0 aliphatic heterocycles. The molecular formula is C15H22O3. The number of hydrogen-bond donors (Lipinski definition) is 0. The van der Waals surface area contributed by atoms with Crippen LogP contribution in [0.2, 0.25) is 0 Å². The summed E-state index contributed by atoms with van der Waals surface area (Å²) in [5, 5.41) is 0. The van der Waals surface area contributed by atoms with E-state index in [2.05, 4.69) is 26.0 Å². The van der Waals surface area contributed by atoms with Crippen LogP contribution in [0.1, 0.15) is 32.3 Å². The van der Waals surface area contributed by atoms with E-state index in [1.807, 2.05) is 12.1 Å². The lowest BCUT2D eigenvalue weighted by molar-refractivity contribution is -0.143. The molecule has 0 saturated heterocycles. The third kappa shape index (κ3) is 4.78. The van der Waals surface area contributed by atoms with Crippen LogP contribution in [0, 0.1) is 5.41 Å². The fourth-order valence-corrected chi connectivity index (χ4v) is 1.83. The van der Waals surface area contributed by atoms with E-state index in [1.165, 1.54) is 12.7 Å². The highest BCUT2D eigenvalue weighted by Crippen LogP contribution is 2.27. The molecule has 0 spiro atoms. The van der Waals surface area contributed by atoms with Crippen LogP contribution in [0.3, 0.4) is 0 Å². The maximum absolute atomic E-state index is 11.3. The lowest BCUT2D eigenvalue weighted by Gasteiger charge is -2.23. The van der Waals surface area contributed by atoms with Crippen molar-refractivity contribution in [3.8, 4) is 5.75 Å². The van der Waals surface area contributed by atoms with E-state index < -0.39 is 0 Å². The first-order chi connectivity index (χ1) is 8.46. The molecule has 0 N–H and O–H groups in total. The van der Waals surface area contributed by atoms with Gasteiger partial charge in [-0.1, -0.05) is 26.0 Å². The Bertz CT molecular complexity index is 379. The smallest absolute Gasteiger partial charge is 0.306 e. The second kappa shape index (κ2) is 6.43. The van der Waals surface area contributed by atoms with E-state index in [9.17, 15) is 4.79 Å². The molecule has 0 unspecified atom stereocenters. The van der Waals surface area contributed by atoms with Gasteiger partial charge in [-0.2, -0.15) is 0 Å². The first kappa shape index (κ1) is 14.6. The van der Waals surface area contributed by atoms with Gasteiger partial charge >= 0.3 is 5.97 Å². The van der Waals surface area contributed by atoms with Crippen molar-refractivity contribution in [3.05, 3.63) is 29.8 Å². The van der Waals surface area contributed by atoms with Gasteiger partial charge in [0.15, 0.2) is 0 Å². The van der Waals surface area contributed by atoms with Crippen LogP contribution in [0.15, 0.2) is 24.3 Å². The molecule has 1 aromatic rings. The first-order valence-electron chi connectivity index (χ1n) is 6.16. The third-order valence-corrected chi connectivity index (χ3v) is 3.10. The van der Waals surface area contributed by atoms with E-state index in [0.29, 0.717) is 6.42 Å². The number of esters is 1. The standard InChI is InChI=1S/C15H22O3/c1-15(2,11-14(16)18-4)10-9-12-5-7-13(17-3)8-6-12/h5-8H,9-11H2,1-4H3. The van der Waals surface area contributed by atoms with E-state index in [0.717, 1.165) is 18.6 Å². The summed E-state index contributed by atoms with van der Waals surface area (Å²) in [7, 11) is 3.09. The summed E-state index contributed by atoms with van der Waals surface area (Å²) >= 11 is 0. The summed E-state index contributed by atoms with van der Waals surface area (Å²) in [4.78, 5) is 11.3. The van der Waals surface area contributed by atoms with E-state index >= 15 is 0 Å². The van der Waals surface area contributed by atoms with Gasteiger partial charge < -0.3 is 9.47 Å². The van der Waals surface area contributed by atoms with Gasteiger partial charge in [0.05, 0.1) is 20.6 Å². The van der Waals surface area contributed by atoms with Crippen molar-refractivity contribution in [1.82, 2.24) is 0 Å². The Hall–Kier alpha value is -1.51. The molecule has 0 atom stereocenters. The minimum atomic E-state index is -0.144. The van der Waals surface area contributed by atoms with Crippen molar-refractivity contribution in [2.45, 2.75) is 33.1 Å². The summed E-state index contributed by atoms with van der Waals surface area (Å²) in [6.07, 6.45) is 2.36. The van der Waals surface area contributed by atoms with Crippen LogP contribution >= 0.6 is 0 Å². The van der Waals surface area contributed by atoms with E-state index in [1.54, 1.807) is 7.11 Å². The summed E-state index contributed by atoms with van der Waals surface area (Å²) in [6.45, 7) is 4.18. The number of aryl methyl sites for hydroxylation is 1. The van der Waals surface area contributed by atoms with Gasteiger partial charge in [-0.15, -0.1) is 0 Å². The number of ether oxygens (including phenoxy) is 2. The van der Waals surface area contributed by atoms with Crippen molar-refractivity contribution >= 4 is 5.97 Å². The minimum absolute atomic E-state index is 0.0347. The van der Waals surface area contributed by atoms with Gasteiger partial charge in [-0.25, -0.2) is 0 Å². The Kier molecular flexibility index (Phi) is 5.20. The molecule has 1 aromatic carbocycles. The molecule has 0 aliphatic carbocycles. The van der Waals surface area contributed by atoms with Gasteiger partial charge in [0.1, 0.15) is 5.75 Å². The molecule has 0 radical (unpaired) electrons. The largest absolute Gasteiger partial charge is 0.497 e. The molecule has 1 rings (SSSR count). The van der Waals surface area contributed by atoms with Crippen LogP contribution < -0.4 is 4.74 Å². The SMILES string of the molecule is COC(=O)CC(C)(C)CCc1ccc(OC)cc1. The highest BCUT2D eigenvalue weighted by atomic mass is 16.5. The first-order valence-corrected chi connectivity index (χ1v) is 6.16. The summed E-state index contributed by atoms with van der Waals surface area (Å²) in [5.74, 6) is 0.724. The zero-order valence-electron chi connectivity index (χ0n) is 11.7. The molecule has 3 nitrogen and oxygen atoms in total. The van der Waals surface area contributed by atoms with Gasteiger partial charge in [0, 0.05) is 0 Å². The average molecular weight is 250 g/mol. The molecule has 100 valence electrons. The number of carbonyl (C=O) groups is 1. The summed E-state index contributed by atoms with van der Waals surface area (Å²) in [6, 6.07) is 8.05. The van der Waals surface area contributed by atoms with Crippen LogP contribution in [0.5, 0.6) is 5.75 Å². The van der Waals surface area contributed by atoms with E-state index in [-0.39, 0.29) is 11.4 Å². The van der Waals surface area contributed by atoms with Crippen molar-refractivity contribution in [2.24, 2.45) is 5.41 Å². The van der Waals surface area contributed by atoms with Gasteiger partial charge in [-0.3, -0.25) is 4.79 Å².